The van der Waals surface area contributed by atoms with Gasteiger partial charge in [0.15, 0.2) is 0 Å². The Morgan fingerprint density at radius 3 is 2.47 bits per heavy atom. The molecule has 0 aromatic rings. The van der Waals surface area contributed by atoms with E-state index in [9.17, 15) is 0 Å². The van der Waals surface area contributed by atoms with Crippen LogP contribution in [0.3, 0.4) is 0 Å². The SMILES string of the molecule is C[C@@H](NC/C=C/CCl)C1CCCCCC1. The fraction of sp³-hybridized carbons (Fsp3) is 0.846. The summed E-state index contributed by atoms with van der Waals surface area (Å²) in [6.45, 7) is 3.29. The largest absolute Gasteiger partial charge is 0.311 e. The molecule has 15 heavy (non-hydrogen) atoms. The Kier molecular flexibility index (Phi) is 7.12. The topological polar surface area (TPSA) is 12.0 Å². The maximum Gasteiger partial charge on any atom is 0.0404 e. The third-order valence-corrected chi connectivity index (χ3v) is 3.60. The summed E-state index contributed by atoms with van der Waals surface area (Å²) in [6.07, 6.45) is 12.7. The molecule has 0 aromatic heterocycles. The Bertz CT molecular complexity index is 171. The van der Waals surface area contributed by atoms with Gasteiger partial charge in [-0.3, -0.25) is 0 Å². The summed E-state index contributed by atoms with van der Waals surface area (Å²) in [5, 5.41) is 3.57. The van der Waals surface area contributed by atoms with Crippen molar-refractivity contribution in [3.8, 4) is 0 Å². The van der Waals surface area contributed by atoms with Gasteiger partial charge in [0.2, 0.25) is 0 Å². The van der Waals surface area contributed by atoms with Gasteiger partial charge in [-0.1, -0.05) is 37.8 Å². The molecule has 1 aliphatic rings. The van der Waals surface area contributed by atoms with E-state index in [0.717, 1.165) is 12.5 Å². The molecule has 0 bridgehead atoms. The molecule has 1 atom stereocenters. The van der Waals surface area contributed by atoms with E-state index < -0.39 is 0 Å². The van der Waals surface area contributed by atoms with Crippen molar-refractivity contribution < 1.29 is 0 Å². The van der Waals surface area contributed by atoms with Gasteiger partial charge < -0.3 is 5.32 Å². The van der Waals surface area contributed by atoms with Crippen molar-refractivity contribution in [1.82, 2.24) is 5.32 Å². The van der Waals surface area contributed by atoms with E-state index in [1.807, 2.05) is 6.08 Å². The van der Waals surface area contributed by atoms with Crippen molar-refractivity contribution >= 4 is 11.6 Å². The second kappa shape index (κ2) is 8.18. The molecular formula is C13H24ClN. The van der Waals surface area contributed by atoms with Crippen molar-refractivity contribution in [2.45, 2.75) is 51.5 Å². The zero-order valence-corrected chi connectivity index (χ0v) is 10.6. The maximum absolute atomic E-state index is 5.57. The van der Waals surface area contributed by atoms with Gasteiger partial charge in [0.1, 0.15) is 0 Å². The van der Waals surface area contributed by atoms with Crippen LogP contribution >= 0.6 is 11.6 Å². The van der Waals surface area contributed by atoms with E-state index in [1.54, 1.807) is 0 Å². The highest BCUT2D eigenvalue weighted by Crippen LogP contribution is 2.25. The van der Waals surface area contributed by atoms with Crippen LogP contribution in [0.5, 0.6) is 0 Å². The van der Waals surface area contributed by atoms with Crippen molar-refractivity contribution in [2.75, 3.05) is 12.4 Å². The zero-order chi connectivity index (χ0) is 10.9. The molecule has 0 aromatic carbocycles. The van der Waals surface area contributed by atoms with Crippen LogP contribution < -0.4 is 5.32 Å². The first-order chi connectivity index (χ1) is 7.34. The Hall–Kier alpha value is -0.0100. The van der Waals surface area contributed by atoms with E-state index in [-0.39, 0.29) is 0 Å². The van der Waals surface area contributed by atoms with Crippen molar-refractivity contribution in [3.63, 3.8) is 0 Å². The lowest BCUT2D eigenvalue weighted by molar-refractivity contribution is 0.347. The highest BCUT2D eigenvalue weighted by molar-refractivity contribution is 6.18. The van der Waals surface area contributed by atoms with Gasteiger partial charge >= 0.3 is 0 Å². The summed E-state index contributed by atoms with van der Waals surface area (Å²) in [6, 6.07) is 0.656. The molecule has 1 rings (SSSR count). The summed E-state index contributed by atoms with van der Waals surface area (Å²) < 4.78 is 0. The Labute approximate surface area is 99.3 Å². The van der Waals surface area contributed by atoms with Crippen molar-refractivity contribution in [1.29, 1.82) is 0 Å². The molecule has 0 unspecified atom stereocenters. The van der Waals surface area contributed by atoms with Crippen LogP contribution in [0, 0.1) is 5.92 Å². The highest BCUT2D eigenvalue weighted by Gasteiger charge is 2.17. The molecular weight excluding hydrogens is 206 g/mol. The summed E-state index contributed by atoms with van der Waals surface area (Å²) in [4.78, 5) is 0. The van der Waals surface area contributed by atoms with Gasteiger partial charge in [0.05, 0.1) is 0 Å². The lowest BCUT2D eigenvalue weighted by Crippen LogP contribution is -2.33. The molecule has 1 fully saturated rings. The summed E-state index contributed by atoms with van der Waals surface area (Å²) in [5.41, 5.74) is 0. The molecule has 1 aliphatic carbocycles. The first-order valence-corrected chi connectivity index (χ1v) is 6.82. The highest BCUT2D eigenvalue weighted by atomic mass is 35.5. The smallest absolute Gasteiger partial charge is 0.0404 e. The molecule has 1 nitrogen and oxygen atoms in total. The molecule has 2 heteroatoms. The first-order valence-electron chi connectivity index (χ1n) is 6.29. The number of hydrogen-bond acceptors (Lipinski definition) is 1. The van der Waals surface area contributed by atoms with E-state index in [4.69, 9.17) is 11.6 Å². The maximum atomic E-state index is 5.57. The lowest BCUT2D eigenvalue weighted by Gasteiger charge is -2.23. The fourth-order valence-electron chi connectivity index (χ4n) is 2.38. The zero-order valence-electron chi connectivity index (χ0n) is 9.84. The Morgan fingerprint density at radius 2 is 1.87 bits per heavy atom. The molecule has 0 aliphatic heterocycles. The predicted octanol–water partition coefficient (Wildman–Crippen LogP) is 3.73. The van der Waals surface area contributed by atoms with Gasteiger partial charge in [-0.25, -0.2) is 0 Å². The quantitative estimate of drug-likeness (QED) is 0.430. The summed E-state index contributed by atoms with van der Waals surface area (Å²) in [5.74, 6) is 1.51. The minimum atomic E-state index is 0.624. The molecule has 88 valence electrons. The van der Waals surface area contributed by atoms with Crippen LogP contribution in [-0.4, -0.2) is 18.5 Å². The van der Waals surface area contributed by atoms with E-state index in [2.05, 4.69) is 18.3 Å². The standard InChI is InChI=1S/C13H24ClN/c1-12(15-11-7-6-10-14)13-8-4-2-3-5-9-13/h6-7,12-13,15H,2-5,8-11H2,1H3/b7-6+/t12-/m1/s1. The van der Waals surface area contributed by atoms with Gasteiger partial charge in [-0.05, 0) is 25.7 Å². The number of alkyl halides is 1. The monoisotopic (exact) mass is 229 g/mol. The minimum absolute atomic E-state index is 0.624. The number of halogens is 1. The van der Waals surface area contributed by atoms with Crippen LogP contribution in [0.25, 0.3) is 0 Å². The molecule has 1 saturated carbocycles. The molecule has 1 N–H and O–H groups in total. The van der Waals surface area contributed by atoms with Gasteiger partial charge in [-0.2, -0.15) is 0 Å². The number of hydrogen-bond donors (Lipinski definition) is 1. The van der Waals surface area contributed by atoms with Gasteiger partial charge in [-0.15, -0.1) is 11.6 Å². The molecule has 0 amide bonds. The third kappa shape index (κ3) is 5.58. The number of nitrogens with one attached hydrogen (secondary N) is 1. The minimum Gasteiger partial charge on any atom is -0.311 e. The third-order valence-electron chi connectivity index (χ3n) is 3.42. The Balaban J connectivity index is 2.19. The van der Waals surface area contributed by atoms with E-state index >= 15 is 0 Å². The summed E-state index contributed by atoms with van der Waals surface area (Å²) in [7, 11) is 0. The van der Waals surface area contributed by atoms with Crippen LogP contribution in [0.15, 0.2) is 12.2 Å². The second-order valence-corrected chi connectivity index (χ2v) is 4.88. The average Bonchev–Trinajstić information content (AvgIpc) is 2.52. The number of rotatable bonds is 5. The van der Waals surface area contributed by atoms with Gasteiger partial charge in [0.25, 0.3) is 0 Å². The van der Waals surface area contributed by atoms with Crippen molar-refractivity contribution in [3.05, 3.63) is 12.2 Å². The normalized spacial score (nSPS) is 21.7. The predicted molar refractivity (Wildman–Crippen MR) is 68.5 cm³/mol. The summed E-state index contributed by atoms with van der Waals surface area (Å²) >= 11 is 5.57. The van der Waals surface area contributed by atoms with E-state index in [1.165, 1.54) is 38.5 Å². The first kappa shape index (κ1) is 13.1. The molecule has 0 radical (unpaired) electrons. The fourth-order valence-corrected chi connectivity index (χ4v) is 2.50. The number of allylic oxidation sites excluding steroid dienone is 1. The van der Waals surface area contributed by atoms with Crippen molar-refractivity contribution in [2.24, 2.45) is 5.92 Å². The van der Waals surface area contributed by atoms with Crippen LogP contribution in [0.1, 0.15) is 45.4 Å². The van der Waals surface area contributed by atoms with Gasteiger partial charge in [0, 0.05) is 18.5 Å². The average molecular weight is 230 g/mol. The Morgan fingerprint density at radius 1 is 1.20 bits per heavy atom. The lowest BCUT2D eigenvalue weighted by atomic mass is 9.93. The second-order valence-electron chi connectivity index (χ2n) is 4.57. The van der Waals surface area contributed by atoms with Crippen LogP contribution in [0.2, 0.25) is 0 Å². The molecule has 0 heterocycles. The van der Waals surface area contributed by atoms with E-state index in [0.29, 0.717) is 11.9 Å². The van der Waals surface area contributed by atoms with Crippen LogP contribution in [-0.2, 0) is 0 Å². The molecule has 0 saturated heterocycles. The molecule has 0 spiro atoms. The van der Waals surface area contributed by atoms with Crippen LogP contribution in [0.4, 0.5) is 0 Å².